The Labute approximate surface area is 130 Å². The molecule has 0 spiro atoms. The molecule has 2 rings (SSSR count). The normalized spacial score (nSPS) is 16.2. The third-order valence-electron chi connectivity index (χ3n) is 3.47. The van der Waals surface area contributed by atoms with Crippen molar-refractivity contribution in [3.8, 4) is 0 Å². The van der Waals surface area contributed by atoms with Crippen molar-refractivity contribution in [2.75, 3.05) is 19.7 Å². The average Bonchev–Trinajstić information content (AvgIpc) is 2.99. The fourth-order valence-electron chi connectivity index (χ4n) is 2.41. The summed E-state index contributed by atoms with van der Waals surface area (Å²) >= 11 is 0. The van der Waals surface area contributed by atoms with E-state index in [1.54, 1.807) is 32.0 Å². The van der Waals surface area contributed by atoms with Crippen molar-refractivity contribution in [2.24, 2.45) is 10.3 Å². The highest BCUT2D eigenvalue weighted by Gasteiger charge is 2.13. The highest BCUT2D eigenvalue weighted by molar-refractivity contribution is 5.90. The standard InChI is InChI=1S/C16H23N3O3/c1-3-22-16(21)13-6-7-15(14(11-13)10-12(2)20)17-18-19-8-4-5-9-19/h6-7,11-12,20H,3-5,8-10H2,1-2H3. The van der Waals surface area contributed by atoms with Crippen LogP contribution in [0, 0.1) is 0 Å². The summed E-state index contributed by atoms with van der Waals surface area (Å²) < 4.78 is 5.01. The van der Waals surface area contributed by atoms with Crippen LogP contribution in [0.25, 0.3) is 0 Å². The number of hydrogen-bond donors (Lipinski definition) is 1. The Morgan fingerprint density at radius 3 is 2.77 bits per heavy atom. The van der Waals surface area contributed by atoms with Crippen molar-refractivity contribution < 1.29 is 14.6 Å². The van der Waals surface area contributed by atoms with E-state index in [0.717, 1.165) is 31.5 Å². The maximum Gasteiger partial charge on any atom is 0.338 e. The Bertz CT molecular complexity index is 537. The van der Waals surface area contributed by atoms with Gasteiger partial charge in [-0.3, -0.25) is 5.01 Å². The van der Waals surface area contributed by atoms with Crippen LogP contribution in [0.4, 0.5) is 5.69 Å². The van der Waals surface area contributed by atoms with E-state index in [4.69, 9.17) is 4.74 Å². The molecule has 1 aliphatic heterocycles. The molecule has 0 saturated carbocycles. The SMILES string of the molecule is CCOC(=O)c1ccc(N=NN2CCCC2)c(CC(C)O)c1. The molecule has 1 aromatic rings. The number of carbonyl (C=O) groups is 1. The first-order chi connectivity index (χ1) is 10.6. The summed E-state index contributed by atoms with van der Waals surface area (Å²) in [6.07, 6.45) is 2.18. The van der Waals surface area contributed by atoms with Crippen LogP contribution >= 0.6 is 0 Å². The van der Waals surface area contributed by atoms with Gasteiger partial charge in [0.1, 0.15) is 0 Å². The molecule has 6 heteroatoms. The van der Waals surface area contributed by atoms with Crippen molar-refractivity contribution in [1.29, 1.82) is 0 Å². The van der Waals surface area contributed by atoms with Gasteiger partial charge in [0.2, 0.25) is 0 Å². The van der Waals surface area contributed by atoms with Crippen molar-refractivity contribution >= 4 is 11.7 Å². The van der Waals surface area contributed by atoms with Crippen molar-refractivity contribution in [1.82, 2.24) is 5.01 Å². The molecule has 0 radical (unpaired) electrons. The van der Waals surface area contributed by atoms with Gasteiger partial charge < -0.3 is 9.84 Å². The fraction of sp³-hybridized carbons (Fsp3) is 0.562. The molecule has 1 unspecified atom stereocenters. The minimum atomic E-state index is -0.516. The first-order valence-corrected chi connectivity index (χ1v) is 7.75. The van der Waals surface area contributed by atoms with E-state index < -0.39 is 6.10 Å². The Kier molecular flexibility index (Phi) is 5.89. The van der Waals surface area contributed by atoms with Crippen molar-refractivity contribution in [3.05, 3.63) is 29.3 Å². The molecule has 1 fully saturated rings. The number of aliphatic hydroxyl groups excluding tert-OH is 1. The van der Waals surface area contributed by atoms with Crippen LogP contribution in [0.3, 0.4) is 0 Å². The van der Waals surface area contributed by atoms with Crippen LogP contribution in [-0.2, 0) is 11.2 Å². The second kappa shape index (κ2) is 7.89. The minimum absolute atomic E-state index is 0.334. The summed E-state index contributed by atoms with van der Waals surface area (Å²) in [5, 5.41) is 20.1. The summed E-state index contributed by atoms with van der Waals surface area (Å²) in [5.41, 5.74) is 1.95. The van der Waals surface area contributed by atoms with Crippen LogP contribution in [0.1, 0.15) is 42.6 Å². The predicted molar refractivity (Wildman–Crippen MR) is 83.1 cm³/mol. The summed E-state index contributed by atoms with van der Waals surface area (Å²) in [5.74, 6) is -0.364. The zero-order valence-corrected chi connectivity index (χ0v) is 13.2. The number of ether oxygens (including phenoxy) is 1. The van der Waals surface area contributed by atoms with Gasteiger partial charge in [-0.1, -0.05) is 5.22 Å². The molecule has 1 heterocycles. The van der Waals surface area contributed by atoms with Crippen molar-refractivity contribution in [3.63, 3.8) is 0 Å². The molecule has 22 heavy (non-hydrogen) atoms. The maximum atomic E-state index is 11.8. The van der Waals surface area contributed by atoms with Gasteiger partial charge in [0.15, 0.2) is 0 Å². The molecular weight excluding hydrogens is 282 g/mol. The van der Waals surface area contributed by atoms with Gasteiger partial charge in [-0.05, 0) is 50.5 Å². The molecule has 0 aromatic heterocycles. The molecule has 120 valence electrons. The lowest BCUT2D eigenvalue weighted by molar-refractivity contribution is 0.0526. The number of esters is 1. The second-order valence-corrected chi connectivity index (χ2v) is 5.47. The fourth-order valence-corrected chi connectivity index (χ4v) is 2.41. The second-order valence-electron chi connectivity index (χ2n) is 5.47. The molecule has 1 aromatic carbocycles. The van der Waals surface area contributed by atoms with E-state index in [0.29, 0.717) is 24.3 Å². The van der Waals surface area contributed by atoms with Gasteiger partial charge in [0.25, 0.3) is 0 Å². The Morgan fingerprint density at radius 2 is 2.14 bits per heavy atom. The van der Waals surface area contributed by atoms with E-state index in [-0.39, 0.29) is 5.97 Å². The highest BCUT2D eigenvalue weighted by Crippen LogP contribution is 2.24. The van der Waals surface area contributed by atoms with Gasteiger partial charge in [-0.15, -0.1) is 5.11 Å². The minimum Gasteiger partial charge on any atom is -0.462 e. The average molecular weight is 305 g/mol. The zero-order valence-electron chi connectivity index (χ0n) is 13.2. The number of aliphatic hydroxyl groups is 1. The summed E-state index contributed by atoms with van der Waals surface area (Å²) in [7, 11) is 0. The molecule has 1 aliphatic rings. The zero-order chi connectivity index (χ0) is 15.9. The topological polar surface area (TPSA) is 74.5 Å². The molecule has 1 saturated heterocycles. The maximum absolute atomic E-state index is 11.8. The first kappa shape index (κ1) is 16.4. The first-order valence-electron chi connectivity index (χ1n) is 7.75. The molecule has 0 aliphatic carbocycles. The Morgan fingerprint density at radius 1 is 1.41 bits per heavy atom. The predicted octanol–water partition coefficient (Wildman–Crippen LogP) is 2.88. The monoisotopic (exact) mass is 305 g/mol. The number of benzene rings is 1. The van der Waals surface area contributed by atoms with Crippen LogP contribution < -0.4 is 0 Å². The van der Waals surface area contributed by atoms with E-state index in [1.165, 1.54) is 0 Å². The number of carbonyl (C=O) groups excluding carboxylic acids is 1. The van der Waals surface area contributed by atoms with Crippen LogP contribution in [-0.4, -0.2) is 41.9 Å². The van der Waals surface area contributed by atoms with Crippen LogP contribution in [0.15, 0.2) is 28.5 Å². The molecule has 0 amide bonds. The van der Waals surface area contributed by atoms with E-state index in [1.807, 2.05) is 5.01 Å². The molecule has 1 N–H and O–H groups in total. The van der Waals surface area contributed by atoms with Gasteiger partial charge in [0.05, 0.1) is 24.0 Å². The van der Waals surface area contributed by atoms with E-state index in [2.05, 4.69) is 10.3 Å². The van der Waals surface area contributed by atoms with Gasteiger partial charge in [0, 0.05) is 19.5 Å². The van der Waals surface area contributed by atoms with Crippen LogP contribution in [0.2, 0.25) is 0 Å². The summed E-state index contributed by atoms with van der Waals surface area (Å²) in [6, 6.07) is 5.16. The highest BCUT2D eigenvalue weighted by atomic mass is 16.5. The third kappa shape index (κ3) is 4.53. The molecular formula is C16H23N3O3. The smallest absolute Gasteiger partial charge is 0.338 e. The lowest BCUT2D eigenvalue weighted by atomic mass is 10.0. The van der Waals surface area contributed by atoms with Gasteiger partial charge in [-0.25, -0.2) is 4.79 Å². The lowest BCUT2D eigenvalue weighted by Crippen LogP contribution is -2.10. The van der Waals surface area contributed by atoms with E-state index >= 15 is 0 Å². The molecule has 1 atom stereocenters. The summed E-state index contributed by atoms with van der Waals surface area (Å²) in [4.78, 5) is 11.8. The van der Waals surface area contributed by atoms with Gasteiger partial charge in [-0.2, -0.15) is 0 Å². The lowest BCUT2D eigenvalue weighted by Gasteiger charge is -2.11. The largest absolute Gasteiger partial charge is 0.462 e. The molecule has 0 bridgehead atoms. The number of nitrogens with zero attached hydrogens (tertiary/aromatic N) is 3. The number of hydrogen-bond acceptors (Lipinski definition) is 5. The van der Waals surface area contributed by atoms with Crippen LogP contribution in [0.5, 0.6) is 0 Å². The third-order valence-corrected chi connectivity index (χ3v) is 3.47. The van der Waals surface area contributed by atoms with Gasteiger partial charge >= 0.3 is 5.97 Å². The molecule has 6 nitrogen and oxygen atoms in total. The van der Waals surface area contributed by atoms with E-state index in [9.17, 15) is 9.90 Å². The Hall–Kier alpha value is -1.95. The summed E-state index contributed by atoms with van der Waals surface area (Å²) in [6.45, 7) is 5.67. The number of rotatable bonds is 6. The van der Waals surface area contributed by atoms with Crippen molar-refractivity contribution in [2.45, 2.75) is 39.2 Å². The quantitative estimate of drug-likeness (QED) is 0.648. The Balaban J connectivity index is 2.21.